The summed E-state index contributed by atoms with van der Waals surface area (Å²) in [7, 11) is 0. The number of carbonyl (C=O) groups is 1. The SMILES string of the molecule is CCCc1cc(N2CCN(C(=O)OC(C)(C)C)CC2)nn1-c1ccc(OC(F)(F)F)cc1. The van der Waals surface area contributed by atoms with Crippen molar-refractivity contribution in [3.05, 3.63) is 36.0 Å². The molecule has 32 heavy (non-hydrogen) atoms. The highest BCUT2D eigenvalue weighted by Crippen LogP contribution is 2.26. The molecule has 0 spiro atoms. The third-order valence-corrected chi connectivity index (χ3v) is 4.85. The van der Waals surface area contributed by atoms with E-state index in [2.05, 4.69) is 16.6 Å². The summed E-state index contributed by atoms with van der Waals surface area (Å²) in [5.41, 5.74) is 1.08. The lowest BCUT2D eigenvalue weighted by atomic mass is 10.2. The molecule has 3 rings (SSSR count). The second-order valence-corrected chi connectivity index (χ2v) is 8.65. The fraction of sp³-hybridized carbons (Fsp3) is 0.545. The molecule has 1 saturated heterocycles. The molecule has 0 bridgehead atoms. The van der Waals surface area contributed by atoms with E-state index in [0.29, 0.717) is 31.9 Å². The first kappa shape index (κ1) is 23.7. The van der Waals surface area contributed by atoms with E-state index in [1.54, 1.807) is 21.7 Å². The lowest BCUT2D eigenvalue weighted by molar-refractivity contribution is -0.274. The average molecular weight is 454 g/mol. The van der Waals surface area contributed by atoms with E-state index in [4.69, 9.17) is 9.84 Å². The zero-order valence-electron chi connectivity index (χ0n) is 18.8. The molecule has 7 nitrogen and oxygen atoms in total. The number of hydrogen-bond donors (Lipinski definition) is 0. The molecule has 1 fully saturated rings. The minimum absolute atomic E-state index is 0.274. The minimum atomic E-state index is -4.73. The number of nitrogens with zero attached hydrogens (tertiary/aromatic N) is 4. The molecule has 10 heteroatoms. The Bertz CT molecular complexity index is 912. The summed E-state index contributed by atoms with van der Waals surface area (Å²) < 4.78 is 48.4. The van der Waals surface area contributed by atoms with Crippen LogP contribution in [-0.2, 0) is 11.2 Å². The largest absolute Gasteiger partial charge is 0.573 e. The smallest absolute Gasteiger partial charge is 0.444 e. The van der Waals surface area contributed by atoms with Crippen molar-refractivity contribution in [2.45, 2.75) is 52.5 Å². The number of rotatable bonds is 5. The minimum Gasteiger partial charge on any atom is -0.444 e. The van der Waals surface area contributed by atoms with Gasteiger partial charge in [-0.3, -0.25) is 0 Å². The second-order valence-electron chi connectivity index (χ2n) is 8.65. The number of anilines is 1. The van der Waals surface area contributed by atoms with Crippen molar-refractivity contribution < 1.29 is 27.4 Å². The van der Waals surface area contributed by atoms with Crippen LogP contribution in [0.1, 0.15) is 39.8 Å². The molecule has 2 aromatic rings. The lowest BCUT2D eigenvalue weighted by Crippen LogP contribution is -2.50. The van der Waals surface area contributed by atoms with Crippen LogP contribution in [0.2, 0.25) is 0 Å². The molecule has 1 amide bonds. The molecule has 1 aromatic heterocycles. The van der Waals surface area contributed by atoms with Gasteiger partial charge in [0.15, 0.2) is 5.82 Å². The molecule has 0 radical (unpaired) electrons. The van der Waals surface area contributed by atoms with Gasteiger partial charge in [-0.2, -0.15) is 5.10 Å². The maximum atomic E-state index is 12.4. The Kier molecular flexibility index (Phi) is 6.90. The first-order valence-electron chi connectivity index (χ1n) is 10.6. The highest BCUT2D eigenvalue weighted by molar-refractivity contribution is 5.68. The predicted octanol–water partition coefficient (Wildman–Crippen LogP) is 4.78. The third-order valence-electron chi connectivity index (χ3n) is 4.85. The summed E-state index contributed by atoms with van der Waals surface area (Å²) in [4.78, 5) is 16.1. The molecule has 1 aliphatic rings. The topological polar surface area (TPSA) is 59.8 Å². The number of benzene rings is 1. The van der Waals surface area contributed by atoms with Gasteiger partial charge in [0.05, 0.1) is 5.69 Å². The highest BCUT2D eigenvalue weighted by atomic mass is 19.4. The van der Waals surface area contributed by atoms with E-state index >= 15 is 0 Å². The number of aryl methyl sites for hydroxylation is 1. The molecule has 1 aromatic carbocycles. The van der Waals surface area contributed by atoms with Gasteiger partial charge in [-0.25, -0.2) is 9.48 Å². The fourth-order valence-electron chi connectivity index (χ4n) is 3.45. The van der Waals surface area contributed by atoms with E-state index in [9.17, 15) is 18.0 Å². The Balaban J connectivity index is 1.72. The summed E-state index contributed by atoms with van der Waals surface area (Å²) in [6.45, 7) is 9.83. The maximum Gasteiger partial charge on any atom is 0.573 e. The zero-order valence-corrected chi connectivity index (χ0v) is 18.8. The Morgan fingerprint density at radius 2 is 1.69 bits per heavy atom. The molecule has 176 valence electrons. The summed E-state index contributed by atoms with van der Waals surface area (Å²) >= 11 is 0. The standard InChI is InChI=1S/C22H29F3N4O3/c1-5-6-17-15-19(27-11-13-28(14-12-27)20(30)32-21(2,3)4)26-29(17)16-7-9-18(10-8-16)31-22(23,24)25/h7-10,15H,5-6,11-14H2,1-4H3. The van der Waals surface area contributed by atoms with Crippen LogP contribution in [0.3, 0.4) is 0 Å². The molecular formula is C22H29F3N4O3. The number of aromatic nitrogens is 2. The monoisotopic (exact) mass is 454 g/mol. The number of hydrogen-bond acceptors (Lipinski definition) is 5. The van der Waals surface area contributed by atoms with E-state index in [1.807, 2.05) is 26.8 Å². The van der Waals surface area contributed by atoms with E-state index < -0.39 is 12.0 Å². The first-order chi connectivity index (χ1) is 14.9. The van der Waals surface area contributed by atoms with Crippen molar-refractivity contribution in [2.24, 2.45) is 0 Å². The normalized spacial score (nSPS) is 15.1. The molecule has 0 atom stereocenters. The van der Waals surface area contributed by atoms with Crippen molar-refractivity contribution in [3.8, 4) is 11.4 Å². The van der Waals surface area contributed by atoms with Gasteiger partial charge in [0, 0.05) is 37.9 Å². The molecule has 0 saturated carbocycles. The molecule has 2 heterocycles. The molecule has 0 N–H and O–H groups in total. The van der Waals surface area contributed by atoms with Gasteiger partial charge >= 0.3 is 12.5 Å². The molecule has 1 aliphatic heterocycles. The van der Waals surface area contributed by atoms with Crippen LogP contribution in [0.15, 0.2) is 30.3 Å². The van der Waals surface area contributed by atoms with Gasteiger partial charge in [0.1, 0.15) is 11.4 Å². The quantitative estimate of drug-likeness (QED) is 0.651. The highest BCUT2D eigenvalue weighted by Gasteiger charge is 2.31. The Hall–Kier alpha value is -2.91. The summed E-state index contributed by atoms with van der Waals surface area (Å²) in [5, 5.41) is 4.70. The van der Waals surface area contributed by atoms with Crippen LogP contribution in [-0.4, -0.2) is 58.9 Å². The van der Waals surface area contributed by atoms with Gasteiger partial charge in [-0.1, -0.05) is 13.3 Å². The van der Waals surface area contributed by atoms with Gasteiger partial charge in [0.2, 0.25) is 0 Å². The molecular weight excluding hydrogens is 425 g/mol. The second kappa shape index (κ2) is 9.30. The van der Waals surface area contributed by atoms with E-state index in [1.165, 1.54) is 12.1 Å². The molecule has 0 unspecified atom stereocenters. The molecule has 0 aliphatic carbocycles. The Labute approximate surface area is 185 Å². The van der Waals surface area contributed by atoms with Crippen molar-refractivity contribution in [1.82, 2.24) is 14.7 Å². The first-order valence-corrected chi connectivity index (χ1v) is 10.6. The summed E-state index contributed by atoms with van der Waals surface area (Å²) in [5.74, 6) is 0.497. The van der Waals surface area contributed by atoms with E-state index in [-0.39, 0.29) is 11.8 Å². The van der Waals surface area contributed by atoms with Crippen LogP contribution in [0.25, 0.3) is 5.69 Å². The van der Waals surface area contributed by atoms with Crippen LogP contribution >= 0.6 is 0 Å². The van der Waals surface area contributed by atoms with Crippen LogP contribution in [0.4, 0.5) is 23.8 Å². The van der Waals surface area contributed by atoms with Crippen molar-refractivity contribution >= 4 is 11.9 Å². The van der Waals surface area contributed by atoms with Crippen LogP contribution in [0, 0.1) is 0 Å². The van der Waals surface area contributed by atoms with Crippen molar-refractivity contribution in [1.29, 1.82) is 0 Å². The number of piperazine rings is 1. The van der Waals surface area contributed by atoms with Crippen LogP contribution < -0.4 is 9.64 Å². The average Bonchev–Trinajstić information content (AvgIpc) is 3.10. The Morgan fingerprint density at radius 3 is 2.22 bits per heavy atom. The van der Waals surface area contributed by atoms with Crippen molar-refractivity contribution in [2.75, 3.05) is 31.1 Å². The lowest BCUT2D eigenvalue weighted by Gasteiger charge is -2.35. The van der Waals surface area contributed by atoms with Crippen LogP contribution in [0.5, 0.6) is 5.75 Å². The van der Waals surface area contributed by atoms with Gasteiger partial charge in [0.25, 0.3) is 0 Å². The number of alkyl halides is 3. The number of halogens is 3. The third kappa shape index (κ3) is 6.30. The van der Waals surface area contributed by atoms with Gasteiger partial charge in [-0.05, 0) is 51.5 Å². The summed E-state index contributed by atoms with van der Waals surface area (Å²) in [6.07, 6.45) is -3.39. The fourth-order valence-corrected chi connectivity index (χ4v) is 3.45. The maximum absolute atomic E-state index is 12.4. The Morgan fingerprint density at radius 1 is 1.06 bits per heavy atom. The number of amides is 1. The number of ether oxygens (including phenoxy) is 2. The van der Waals surface area contributed by atoms with Gasteiger partial charge < -0.3 is 19.3 Å². The van der Waals surface area contributed by atoms with E-state index in [0.717, 1.165) is 24.4 Å². The number of carbonyl (C=O) groups excluding carboxylic acids is 1. The summed E-state index contributed by atoms with van der Waals surface area (Å²) in [6, 6.07) is 7.65. The van der Waals surface area contributed by atoms with Crippen molar-refractivity contribution in [3.63, 3.8) is 0 Å². The predicted molar refractivity (Wildman–Crippen MR) is 114 cm³/mol. The van der Waals surface area contributed by atoms with Gasteiger partial charge in [-0.15, -0.1) is 13.2 Å². The zero-order chi connectivity index (χ0) is 23.5.